The molecular weight excluding hydrogens is 328 g/mol. The first kappa shape index (κ1) is 19.4. The van der Waals surface area contributed by atoms with E-state index in [2.05, 4.69) is 68.9 Å². The van der Waals surface area contributed by atoms with Crippen molar-refractivity contribution >= 4 is 16.5 Å². The zero-order chi connectivity index (χ0) is 20.4. The van der Waals surface area contributed by atoms with Crippen LogP contribution in [0.3, 0.4) is 0 Å². The van der Waals surface area contributed by atoms with Gasteiger partial charge in [-0.25, -0.2) is 0 Å². The van der Waals surface area contributed by atoms with E-state index in [1.807, 2.05) is 11.7 Å². The fourth-order valence-corrected chi connectivity index (χ4v) is 4.49. The van der Waals surface area contributed by atoms with Gasteiger partial charge in [-0.05, 0) is 118 Å². The summed E-state index contributed by atoms with van der Waals surface area (Å²) in [5.41, 5.74) is 16.6. The number of hydrogen-bond acceptors (Lipinski definition) is 1. The van der Waals surface area contributed by atoms with Crippen LogP contribution in [0.5, 0.6) is 0 Å². The van der Waals surface area contributed by atoms with E-state index in [0.717, 1.165) is 16.8 Å². The summed E-state index contributed by atoms with van der Waals surface area (Å²) >= 11 is 0. The Kier molecular flexibility index (Phi) is 4.58. The molecule has 2 aromatic carbocycles. The number of aryl methyl sites for hydroxylation is 3. The van der Waals surface area contributed by atoms with Crippen LogP contribution in [0, 0.1) is 62.3 Å². The second kappa shape index (κ2) is 6.37. The maximum Gasteiger partial charge on any atom is 0.0964 e. The summed E-state index contributed by atoms with van der Waals surface area (Å²) in [6.07, 6.45) is 0. The van der Waals surface area contributed by atoms with E-state index in [4.69, 9.17) is 5.10 Å². The monoisotopic (exact) mass is 360 g/mol. The summed E-state index contributed by atoms with van der Waals surface area (Å²) in [4.78, 5) is 0. The summed E-state index contributed by atoms with van der Waals surface area (Å²) < 4.78 is 2.02. The molecule has 0 bridgehead atoms. The van der Waals surface area contributed by atoms with Crippen molar-refractivity contribution in [3.63, 3.8) is 0 Å². The molecule has 0 amide bonds. The standard InChI is InChI=1S/C25H32N2/c1-12-13(2)17(6)22(18(7)14(12)3)21(10)25-23-19(8)15(4)16(5)20(9)24(23)26-27(25)11/h10H2,1-9,11H3. The maximum absolute atomic E-state index is 4.90. The summed E-state index contributed by atoms with van der Waals surface area (Å²) in [5, 5.41) is 6.15. The molecule has 0 aliphatic heterocycles. The zero-order valence-electron chi connectivity index (χ0n) is 18.6. The van der Waals surface area contributed by atoms with Gasteiger partial charge in [-0.3, -0.25) is 4.68 Å². The van der Waals surface area contributed by atoms with Crippen LogP contribution in [0.2, 0.25) is 0 Å². The minimum absolute atomic E-state index is 1.08. The zero-order valence-corrected chi connectivity index (χ0v) is 18.6. The maximum atomic E-state index is 4.90. The van der Waals surface area contributed by atoms with Gasteiger partial charge in [0.05, 0.1) is 11.2 Å². The molecule has 0 saturated carbocycles. The highest BCUT2D eigenvalue weighted by molar-refractivity contribution is 6.00. The molecule has 0 fully saturated rings. The lowest BCUT2D eigenvalue weighted by molar-refractivity contribution is 0.767. The number of aromatic nitrogens is 2. The Balaban J connectivity index is 2.42. The SMILES string of the molecule is C=C(c1c(C)c(C)c(C)c(C)c1C)c1c2c(C)c(C)c(C)c(C)c2nn1C. The Hall–Kier alpha value is -2.35. The minimum Gasteiger partial charge on any atom is -0.267 e. The number of nitrogens with zero attached hydrogens (tertiary/aromatic N) is 2. The molecule has 2 heteroatoms. The van der Waals surface area contributed by atoms with Crippen molar-refractivity contribution in [2.75, 3.05) is 0 Å². The Morgan fingerprint density at radius 1 is 0.630 bits per heavy atom. The van der Waals surface area contributed by atoms with Crippen LogP contribution in [-0.4, -0.2) is 9.78 Å². The molecule has 0 N–H and O–H groups in total. The topological polar surface area (TPSA) is 17.8 Å². The smallest absolute Gasteiger partial charge is 0.0964 e. The van der Waals surface area contributed by atoms with E-state index in [0.29, 0.717) is 0 Å². The van der Waals surface area contributed by atoms with Crippen molar-refractivity contribution in [1.82, 2.24) is 9.78 Å². The lowest BCUT2D eigenvalue weighted by Crippen LogP contribution is -2.06. The van der Waals surface area contributed by atoms with Crippen molar-refractivity contribution in [2.45, 2.75) is 62.3 Å². The van der Waals surface area contributed by atoms with Crippen LogP contribution in [0.25, 0.3) is 16.5 Å². The van der Waals surface area contributed by atoms with E-state index in [9.17, 15) is 0 Å². The highest BCUT2D eigenvalue weighted by atomic mass is 15.3. The van der Waals surface area contributed by atoms with Gasteiger partial charge in [0, 0.05) is 18.0 Å². The molecule has 3 rings (SSSR count). The number of rotatable bonds is 2. The molecule has 142 valence electrons. The normalized spacial score (nSPS) is 11.5. The van der Waals surface area contributed by atoms with Crippen molar-refractivity contribution in [3.05, 3.63) is 67.9 Å². The highest BCUT2D eigenvalue weighted by Crippen LogP contribution is 2.39. The molecule has 27 heavy (non-hydrogen) atoms. The quantitative estimate of drug-likeness (QED) is 0.516. The van der Waals surface area contributed by atoms with Gasteiger partial charge in [0.15, 0.2) is 0 Å². The van der Waals surface area contributed by atoms with Crippen molar-refractivity contribution in [2.24, 2.45) is 7.05 Å². The third-order valence-corrected chi connectivity index (χ3v) is 7.05. The van der Waals surface area contributed by atoms with Crippen molar-refractivity contribution in [1.29, 1.82) is 0 Å². The highest BCUT2D eigenvalue weighted by Gasteiger charge is 2.23. The fourth-order valence-electron chi connectivity index (χ4n) is 4.49. The molecule has 2 nitrogen and oxygen atoms in total. The predicted octanol–water partition coefficient (Wildman–Crippen LogP) is 6.41. The summed E-state index contributed by atoms with van der Waals surface area (Å²) in [6, 6.07) is 0. The van der Waals surface area contributed by atoms with Gasteiger partial charge in [0.1, 0.15) is 0 Å². The van der Waals surface area contributed by atoms with Crippen LogP contribution in [0.15, 0.2) is 6.58 Å². The average Bonchev–Trinajstić information content (AvgIpc) is 2.98. The first-order chi connectivity index (χ1) is 12.5. The van der Waals surface area contributed by atoms with Crippen LogP contribution >= 0.6 is 0 Å². The second-order valence-electron chi connectivity index (χ2n) is 8.17. The third-order valence-electron chi connectivity index (χ3n) is 7.05. The largest absolute Gasteiger partial charge is 0.267 e. The van der Waals surface area contributed by atoms with Gasteiger partial charge in [-0.2, -0.15) is 5.10 Å². The number of benzene rings is 2. The van der Waals surface area contributed by atoms with Gasteiger partial charge in [-0.15, -0.1) is 0 Å². The Morgan fingerprint density at radius 2 is 1.04 bits per heavy atom. The van der Waals surface area contributed by atoms with Crippen LogP contribution in [-0.2, 0) is 7.05 Å². The molecule has 0 saturated heterocycles. The fraction of sp³-hybridized carbons (Fsp3) is 0.400. The lowest BCUT2D eigenvalue weighted by Gasteiger charge is -2.21. The first-order valence-electron chi connectivity index (χ1n) is 9.70. The Bertz CT molecular complexity index is 1090. The van der Waals surface area contributed by atoms with Crippen LogP contribution in [0.1, 0.15) is 61.3 Å². The molecule has 1 heterocycles. The molecular formula is C25H32N2. The molecule has 0 aliphatic rings. The van der Waals surface area contributed by atoms with Gasteiger partial charge < -0.3 is 0 Å². The van der Waals surface area contributed by atoms with E-state index in [1.165, 1.54) is 61.0 Å². The molecule has 0 atom stereocenters. The van der Waals surface area contributed by atoms with Gasteiger partial charge >= 0.3 is 0 Å². The van der Waals surface area contributed by atoms with E-state index >= 15 is 0 Å². The summed E-state index contributed by atoms with van der Waals surface area (Å²) in [6.45, 7) is 24.5. The summed E-state index contributed by atoms with van der Waals surface area (Å²) in [7, 11) is 2.04. The molecule has 0 spiro atoms. The predicted molar refractivity (Wildman–Crippen MR) is 118 cm³/mol. The second-order valence-corrected chi connectivity index (χ2v) is 8.17. The molecule has 1 aromatic heterocycles. The first-order valence-corrected chi connectivity index (χ1v) is 9.70. The number of fused-ring (bicyclic) bond motifs is 1. The van der Waals surface area contributed by atoms with Gasteiger partial charge in [-0.1, -0.05) is 6.58 Å². The number of hydrogen-bond donors (Lipinski definition) is 0. The molecule has 0 aliphatic carbocycles. The molecule has 0 unspecified atom stereocenters. The van der Waals surface area contributed by atoms with Gasteiger partial charge in [0.25, 0.3) is 0 Å². The van der Waals surface area contributed by atoms with Crippen molar-refractivity contribution < 1.29 is 0 Å². The Labute approximate surface area is 163 Å². The van der Waals surface area contributed by atoms with E-state index < -0.39 is 0 Å². The Morgan fingerprint density at radius 3 is 1.56 bits per heavy atom. The van der Waals surface area contributed by atoms with Crippen LogP contribution < -0.4 is 0 Å². The van der Waals surface area contributed by atoms with Crippen LogP contribution in [0.4, 0.5) is 0 Å². The average molecular weight is 361 g/mol. The molecule has 0 radical (unpaired) electrons. The van der Waals surface area contributed by atoms with Crippen molar-refractivity contribution in [3.8, 4) is 0 Å². The molecule has 3 aromatic rings. The lowest BCUT2D eigenvalue weighted by atomic mass is 9.84. The minimum atomic E-state index is 1.08. The van der Waals surface area contributed by atoms with Gasteiger partial charge in [0.2, 0.25) is 0 Å². The van der Waals surface area contributed by atoms with E-state index in [1.54, 1.807) is 0 Å². The van der Waals surface area contributed by atoms with E-state index in [-0.39, 0.29) is 0 Å². The summed E-state index contributed by atoms with van der Waals surface area (Å²) in [5.74, 6) is 0. The third kappa shape index (κ3) is 2.57.